The average Bonchev–Trinajstić information content (AvgIpc) is 2.95. The first-order chi connectivity index (χ1) is 15.0. The van der Waals surface area contributed by atoms with Gasteiger partial charge in [-0.1, -0.05) is 18.9 Å². The number of nitrogens with zero attached hydrogens (tertiary/aromatic N) is 1. The predicted octanol–water partition coefficient (Wildman–Crippen LogP) is 1.36. The smallest absolute Gasteiger partial charge is 0.322 e. The quantitative estimate of drug-likeness (QED) is 0.309. The van der Waals surface area contributed by atoms with Gasteiger partial charge < -0.3 is 20.3 Å². The van der Waals surface area contributed by atoms with E-state index in [-0.39, 0.29) is 18.7 Å². The highest BCUT2D eigenvalue weighted by atomic mass is 16.5. The second-order valence-corrected chi connectivity index (χ2v) is 8.07. The molecule has 2 heterocycles. The van der Waals surface area contributed by atoms with Gasteiger partial charge in [0.1, 0.15) is 11.3 Å². The van der Waals surface area contributed by atoms with Gasteiger partial charge in [-0.15, -0.1) is 0 Å². The van der Waals surface area contributed by atoms with Crippen LogP contribution in [0.1, 0.15) is 54.4 Å². The van der Waals surface area contributed by atoms with Crippen molar-refractivity contribution >= 4 is 24.1 Å². The first-order valence-corrected chi connectivity index (χ1v) is 10.7. The number of rotatable bonds is 9. The summed E-state index contributed by atoms with van der Waals surface area (Å²) in [5.41, 5.74) is 0.0520. The summed E-state index contributed by atoms with van der Waals surface area (Å²) in [5, 5.41) is 8.16. The number of hydrogen-bond acceptors (Lipinski definition) is 6. The molecule has 1 aromatic rings. The summed E-state index contributed by atoms with van der Waals surface area (Å²) in [7, 11) is 1.54. The molecule has 3 rings (SSSR count). The van der Waals surface area contributed by atoms with Crippen LogP contribution in [0.4, 0.5) is 4.79 Å². The summed E-state index contributed by atoms with van der Waals surface area (Å²) < 4.78 is 5.13. The summed E-state index contributed by atoms with van der Waals surface area (Å²) in [6.45, 7) is 2.17. The SMILES string of the molecule is COc1ccc(CNCCC2(CC(=O)N3CCCCCC3)NC(=O)NC2=O)c(C=O)c1. The number of amides is 4. The summed E-state index contributed by atoms with van der Waals surface area (Å²) in [4.78, 5) is 50.4. The van der Waals surface area contributed by atoms with E-state index < -0.39 is 17.5 Å². The molecule has 2 aliphatic rings. The van der Waals surface area contributed by atoms with E-state index >= 15 is 0 Å². The number of hydrogen-bond donors (Lipinski definition) is 3. The van der Waals surface area contributed by atoms with Crippen LogP contribution in [-0.2, 0) is 16.1 Å². The number of carbonyl (C=O) groups excluding carboxylic acids is 4. The minimum Gasteiger partial charge on any atom is -0.497 e. The topological polar surface area (TPSA) is 117 Å². The van der Waals surface area contributed by atoms with Crippen molar-refractivity contribution in [1.82, 2.24) is 20.9 Å². The Morgan fingerprint density at radius 2 is 1.97 bits per heavy atom. The highest BCUT2D eigenvalue weighted by Gasteiger charge is 2.47. The fourth-order valence-corrected chi connectivity index (χ4v) is 4.10. The zero-order chi connectivity index (χ0) is 22.3. The molecule has 0 spiro atoms. The molecule has 2 fully saturated rings. The number of aldehydes is 1. The highest BCUT2D eigenvalue weighted by Crippen LogP contribution is 2.23. The third-order valence-corrected chi connectivity index (χ3v) is 5.95. The van der Waals surface area contributed by atoms with E-state index in [1.165, 1.54) is 7.11 Å². The highest BCUT2D eigenvalue weighted by molar-refractivity contribution is 6.08. The van der Waals surface area contributed by atoms with E-state index in [1.54, 1.807) is 23.1 Å². The van der Waals surface area contributed by atoms with Crippen molar-refractivity contribution in [3.05, 3.63) is 29.3 Å². The van der Waals surface area contributed by atoms with E-state index in [0.717, 1.165) is 37.5 Å². The molecule has 0 bridgehead atoms. The zero-order valence-corrected chi connectivity index (χ0v) is 17.9. The average molecular weight is 431 g/mol. The number of benzene rings is 1. The van der Waals surface area contributed by atoms with Gasteiger partial charge in [-0.05, 0) is 43.5 Å². The number of nitrogens with one attached hydrogen (secondary N) is 3. The van der Waals surface area contributed by atoms with E-state index in [2.05, 4.69) is 16.0 Å². The van der Waals surface area contributed by atoms with Crippen LogP contribution in [0.2, 0.25) is 0 Å². The molecule has 1 aromatic carbocycles. The van der Waals surface area contributed by atoms with Crippen molar-refractivity contribution in [3.63, 3.8) is 0 Å². The molecule has 9 nitrogen and oxygen atoms in total. The fraction of sp³-hybridized carbons (Fsp3) is 0.545. The standard InChI is InChI=1S/C22H30N4O5/c1-31-18-7-6-16(17(12-18)15-27)14-23-9-8-22(20(29)24-21(30)25-22)13-19(28)26-10-4-2-3-5-11-26/h6-7,12,15,23H,2-5,8-11,13-14H2,1H3,(H2,24,25,29,30). The molecule has 2 saturated heterocycles. The van der Waals surface area contributed by atoms with Crippen LogP contribution >= 0.6 is 0 Å². The van der Waals surface area contributed by atoms with Crippen LogP contribution in [0, 0.1) is 0 Å². The molecule has 2 aliphatic heterocycles. The van der Waals surface area contributed by atoms with E-state index in [4.69, 9.17) is 4.74 Å². The van der Waals surface area contributed by atoms with Crippen LogP contribution in [-0.4, -0.2) is 61.3 Å². The normalized spacial score (nSPS) is 21.3. The second kappa shape index (κ2) is 10.4. The Hall–Kier alpha value is -2.94. The van der Waals surface area contributed by atoms with Gasteiger partial charge >= 0.3 is 6.03 Å². The van der Waals surface area contributed by atoms with Gasteiger partial charge in [0.15, 0.2) is 6.29 Å². The van der Waals surface area contributed by atoms with Gasteiger partial charge in [-0.25, -0.2) is 4.79 Å². The monoisotopic (exact) mass is 430 g/mol. The van der Waals surface area contributed by atoms with Crippen molar-refractivity contribution in [2.75, 3.05) is 26.7 Å². The molecule has 0 aliphatic carbocycles. The maximum atomic E-state index is 12.9. The number of imide groups is 1. The lowest BCUT2D eigenvalue weighted by Crippen LogP contribution is -2.52. The van der Waals surface area contributed by atoms with E-state index in [9.17, 15) is 19.2 Å². The molecular formula is C22H30N4O5. The molecule has 0 aromatic heterocycles. The number of methoxy groups -OCH3 is 1. The van der Waals surface area contributed by atoms with Gasteiger partial charge in [-0.2, -0.15) is 0 Å². The minimum absolute atomic E-state index is 0.0611. The first-order valence-electron chi connectivity index (χ1n) is 10.7. The molecule has 1 unspecified atom stereocenters. The minimum atomic E-state index is -1.26. The maximum absolute atomic E-state index is 12.9. The third kappa shape index (κ3) is 5.61. The summed E-state index contributed by atoms with van der Waals surface area (Å²) in [6, 6.07) is 4.66. The van der Waals surface area contributed by atoms with Crippen LogP contribution < -0.4 is 20.7 Å². The number of urea groups is 1. The first kappa shape index (κ1) is 22.7. The Morgan fingerprint density at radius 3 is 2.58 bits per heavy atom. The van der Waals surface area contributed by atoms with Crippen molar-refractivity contribution in [2.24, 2.45) is 0 Å². The summed E-state index contributed by atoms with van der Waals surface area (Å²) in [5.74, 6) is 0.0142. The van der Waals surface area contributed by atoms with Crippen molar-refractivity contribution in [1.29, 1.82) is 0 Å². The second-order valence-electron chi connectivity index (χ2n) is 8.07. The zero-order valence-electron chi connectivity index (χ0n) is 17.9. The van der Waals surface area contributed by atoms with Gasteiger partial charge in [0, 0.05) is 25.2 Å². The Balaban J connectivity index is 1.61. The van der Waals surface area contributed by atoms with E-state index in [1.807, 2.05) is 0 Å². The lowest BCUT2D eigenvalue weighted by atomic mass is 9.90. The number of carbonyl (C=O) groups is 4. The van der Waals surface area contributed by atoms with Crippen LogP contribution in [0.3, 0.4) is 0 Å². The lowest BCUT2D eigenvalue weighted by Gasteiger charge is -2.29. The largest absolute Gasteiger partial charge is 0.497 e. The maximum Gasteiger partial charge on any atom is 0.322 e. The predicted molar refractivity (Wildman–Crippen MR) is 114 cm³/mol. The molecule has 9 heteroatoms. The molecule has 1 atom stereocenters. The Bertz CT molecular complexity index is 835. The Kier molecular flexibility index (Phi) is 7.62. The van der Waals surface area contributed by atoms with Crippen molar-refractivity contribution in [3.8, 4) is 5.75 Å². The van der Waals surface area contributed by atoms with Crippen molar-refractivity contribution < 1.29 is 23.9 Å². The third-order valence-electron chi connectivity index (χ3n) is 5.95. The molecule has 168 valence electrons. The summed E-state index contributed by atoms with van der Waals surface area (Å²) in [6.07, 6.45) is 5.09. The molecule has 3 N–H and O–H groups in total. The molecule has 0 radical (unpaired) electrons. The molecule has 31 heavy (non-hydrogen) atoms. The van der Waals surface area contributed by atoms with Crippen molar-refractivity contribution in [2.45, 2.75) is 50.6 Å². The van der Waals surface area contributed by atoms with Crippen LogP contribution in [0.25, 0.3) is 0 Å². The lowest BCUT2D eigenvalue weighted by molar-refractivity contribution is -0.136. The molecule has 4 amide bonds. The van der Waals surface area contributed by atoms with Gasteiger partial charge in [0.25, 0.3) is 5.91 Å². The number of ether oxygens (including phenoxy) is 1. The Labute approximate surface area is 181 Å². The summed E-state index contributed by atoms with van der Waals surface area (Å²) >= 11 is 0. The van der Waals surface area contributed by atoms with E-state index in [0.29, 0.717) is 37.5 Å². The Morgan fingerprint density at radius 1 is 1.23 bits per heavy atom. The fourth-order valence-electron chi connectivity index (χ4n) is 4.10. The van der Waals surface area contributed by atoms with Gasteiger partial charge in [0.2, 0.25) is 5.91 Å². The molecular weight excluding hydrogens is 400 g/mol. The van der Waals surface area contributed by atoms with Crippen LogP contribution in [0.15, 0.2) is 18.2 Å². The molecule has 0 saturated carbocycles. The number of likely N-dealkylation sites (tertiary alicyclic amines) is 1. The van der Waals surface area contributed by atoms with Gasteiger partial charge in [0.05, 0.1) is 13.5 Å². The van der Waals surface area contributed by atoms with Crippen LogP contribution in [0.5, 0.6) is 5.75 Å². The van der Waals surface area contributed by atoms with Gasteiger partial charge in [-0.3, -0.25) is 19.7 Å².